The Morgan fingerprint density at radius 1 is 1.28 bits per heavy atom. The third-order valence-corrected chi connectivity index (χ3v) is 6.58. The van der Waals surface area contributed by atoms with Gasteiger partial charge in [-0.15, -0.1) is 0 Å². The first-order valence-electron chi connectivity index (χ1n) is 10.9. The van der Waals surface area contributed by atoms with Crippen LogP contribution in [-0.4, -0.2) is 70.7 Å². The van der Waals surface area contributed by atoms with E-state index in [9.17, 15) is 19.5 Å². The van der Waals surface area contributed by atoms with Crippen molar-refractivity contribution >= 4 is 17.7 Å². The van der Waals surface area contributed by atoms with E-state index in [2.05, 4.69) is 10.6 Å². The quantitative estimate of drug-likeness (QED) is 0.539. The molecule has 3 aliphatic heterocycles. The molecule has 0 aromatic heterocycles. The Kier molecular flexibility index (Phi) is 6.24. The Morgan fingerprint density at radius 2 is 1.97 bits per heavy atom. The van der Waals surface area contributed by atoms with E-state index in [1.54, 1.807) is 0 Å². The van der Waals surface area contributed by atoms with Crippen LogP contribution in [0, 0.1) is 17.8 Å². The third-order valence-electron chi connectivity index (χ3n) is 6.58. The van der Waals surface area contributed by atoms with Crippen molar-refractivity contribution in [3.05, 3.63) is 0 Å². The van der Waals surface area contributed by atoms with Crippen LogP contribution in [0.15, 0.2) is 0 Å². The molecule has 164 valence electrons. The van der Waals surface area contributed by atoms with Crippen molar-refractivity contribution < 1.29 is 24.2 Å². The molecule has 8 heteroatoms. The Labute approximate surface area is 172 Å². The van der Waals surface area contributed by atoms with E-state index in [4.69, 9.17) is 4.74 Å². The molecule has 8 nitrogen and oxygen atoms in total. The summed E-state index contributed by atoms with van der Waals surface area (Å²) in [4.78, 5) is 41.3. The van der Waals surface area contributed by atoms with Gasteiger partial charge in [-0.2, -0.15) is 0 Å². The maximum absolute atomic E-state index is 13.6. The topological polar surface area (TPSA) is 108 Å². The molecule has 3 fully saturated rings. The summed E-state index contributed by atoms with van der Waals surface area (Å²) in [6.07, 6.45) is 1.68. The van der Waals surface area contributed by atoms with Gasteiger partial charge >= 0.3 is 0 Å². The van der Waals surface area contributed by atoms with Gasteiger partial charge in [0.25, 0.3) is 0 Å². The molecule has 0 aromatic rings. The number of carbonyl (C=O) groups is 3. The Bertz CT molecular complexity index is 667. The maximum atomic E-state index is 13.6. The van der Waals surface area contributed by atoms with Gasteiger partial charge in [0.05, 0.1) is 30.6 Å². The van der Waals surface area contributed by atoms with Crippen LogP contribution in [0.2, 0.25) is 0 Å². The SMILES string of the molecule is CCCNC(=O)[C@@H]1[C@H]2C(=O)N([C@@H](CO)C(C)C)C(C(=O)NC(C)C)C23CC[C@H]1O3. The molecule has 0 aromatic carbocycles. The predicted octanol–water partition coefficient (Wildman–Crippen LogP) is 0.429. The van der Waals surface area contributed by atoms with Gasteiger partial charge in [-0.1, -0.05) is 20.8 Å². The van der Waals surface area contributed by atoms with Gasteiger partial charge in [-0.05, 0) is 39.0 Å². The summed E-state index contributed by atoms with van der Waals surface area (Å²) >= 11 is 0. The lowest BCUT2D eigenvalue weighted by Gasteiger charge is -2.38. The number of fused-ring (bicyclic) bond motifs is 1. The van der Waals surface area contributed by atoms with Gasteiger partial charge in [0.2, 0.25) is 17.7 Å². The molecular formula is C21H35N3O5. The lowest BCUT2D eigenvalue weighted by atomic mass is 9.70. The highest BCUT2D eigenvalue weighted by atomic mass is 16.5. The van der Waals surface area contributed by atoms with E-state index in [1.165, 1.54) is 4.90 Å². The van der Waals surface area contributed by atoms with Crippen LogP contribution in [0.1, 0.15) is 53.9 Å². The Morgan fingerprint density at radius 3 is 2.52 bits per heavy atom. The van der Waals surface area contributed by atoms with Crippen LogP contribution < -0.4 is 10.6 Å². The number of aliphatic hydroxyl groups excluding tert-OH is 1. The molecule has 3 N–H and O–H groups in total. The fourth-order valence-corrected chi connectivity index (χ4v) is 5.40. The molecule has 1 spiro atoms. The van der Waals surface area contributed by atoms with Crippen LogP contribution in [0.4, 0.5) is 0 Å². The summed E-state index contributed by atoms with van der Waals surface area (Å²) in [5, 5.41) is 15.9. The lowest BCUT2D eigenvalue weighted by molar-refractivity contribution is -0.147. The average Bonchev–Trinajstić information content (AvgIpc) is 3.27. The molecule has 0 saturated carbocycles. The molecule has 0 radical (unpaired) electrons. The molecular weight excluding hydrogens is 374 g/mol. The number of nitrogens with one attached hydrogen (secondary N) is 2. The lowest BCUT2D eigenvalue weighted by Crippen LogP contribution is -2.59. The summed E-state index contributed by atoms with van der Waals surface area (Å²) in [7, 11) is 0. The fourth-order valence-electron chi connectivity index (χ4n) is 5.40. The molecule has 6 atom stereocenters. The van der Waals surface area contributed by atoms with Crippen LogP contribution in [-0.2, 0) is 19.1 Å². The molecule has 0 aliphatic carbocycles. The van der Waals surface area contributed by atoms with Crippen LogP contribution in [0.25, 0.3) is 0 Å². The van der Waals surface area contributed by atoms with Crippen molar-refractivity contribution in [1.82, 2.24) is 15.5 Å². The summed E-state index contributed by atoms with van der Waals surface area (Å²) < 4.78 is 6.32. The van der Waals surface area contributed by atoms with E-state index in [-0.39, 0.29) is 42.4 Å². The van der Waals surface area contributed by atoms with Crippen molar-refractivity contribution in [3.63, 3.8) is 0 Å². The van der Waals surface area contributed by atoms with Crippen LogP contribution >= 0.6 is 0 Å². The molecule has 3 heterocycles. The second-order valence-corrected chi connectivity index (χ2v) is 9.25. The zero-order valence-corrected chi connectivity index (χ0v) is 18.1. The van der Waals surface area contributed by atoms with E-state index < -0.39 is 29.5 Å². The number of amides is 3. The summed E-state index contributed by atoms with van der Waals surface area (Å²) in [5.74, 6) is -2.02. The van der Waals surface area contributed by atoms with Crippen LogP contribution in [0.5, 0.6) is 0 Å². The second-order valence-electron chi connectivity index (χ2n) is 9.25. The highest BCUT2D eigenvalue weighted by Gasteiger charge is 2.75. The van der Waals surface area contributed by atoms with Gasteiger partial charge in [-0.3, -0.25) is 14.4 Å². The first-order chi connectivity index (χ1) is 13.7. The minimum absolute atomic E-state index is 0.0434. The number of hydrogen-bond acceptors (Lipinski definition) is 5. The number of nitrogens with zero attached hydrogens (tertiary/aromatic N) is 1. The maximum Gasteiger partial charge on any atom is 0.246 e. The first-order valence-corrected chi connectivity index (χ1v) is 10.9. The van der Waals surface area contributed by atoms with Gasteiger partial charge in [0, 0.05) is 12.6 Å². The van der Waals surface area contributed by atoms with Gasteiger partial charge in [0.15, 0.2) is 0 Å². The standard InChI is InChI=1S/C21H35N3O5/c1-6-9-22-18(26)15-14-7-8-21(29-14)16(15)20(28)24(13(10-25)11(2)3)17(21)19(27)23-12(4)5/h11-17,25H,6-10H2,1-5H3,(H,22,26)(H,23,27)/t13-,14+,15-,16-,17?,21?/m0/s1. The van der Waals surface area contributed by atoms with Crippen molar-refractivity contribution in [2.45, 2.75) is 83.7 Å². The highest BCUT2D eigenvalue weighted by molar-refractivity contribution is 5.99. The number of likely N-dealkylation sites (tertiary alicyclic amines) is 1. The van der Waals surface area contributed by atoms with Gasteiger partial charge < -0.3 is 25.4 Å². The Balaban J connectivity index is 2.03. The fraction of sp³-hybridized carbons (Fsp3) is 0.857. The summed E-state index contributed by atoms with van der Waals surface area (Å²) in [5.41, 5.74) is -1.00. The van der Waals surface area contributed by atoms with Crippen molar-refractivity contribution in [2.75, 3.05) is 13.2 Å². The van der Waals surface area contributed by atoms with Crippen molar-refractivity contribution in [1.29, 1.82) is 0 Å². The second kappa shape index (κ2) is 8.22. The normalized spacial score (nSPS) is 34.1. The van der Waals surface area contributed by atoms with Crippen molar-refractivity contribution in [2.24, 2.45) is 17.8 Å². The number of ether oxygens (including phenoxy) is 1. The number of carbonyl (C=O) groups excluding carboxylic acids is 3. The minimum atomic E-state index is -1.00. The van der Waals surface area contributed by atoms with E-state index in [1.807, 2.05) is 34.6 Å². The first kappa shape index (κ1) is 22.0. The summed E-state index contributed by atoms with van der Waals surface area (Å²) in [6.45, 7) is 9.85. The molecule has 2 unspecified atom stereocenters. The third kappa shape index (κ3) is 3.44. The molecule has 3 rings (SSSR count). The smallest absolute Gasteiger partial charge is 0.246 e. The largest absolute Gasteiger partial charge is 0.394 e. The zero-order chi connectivity index (χ0) is 21.5. The van der Waals surface area contributed by atoms with E-state index >= 15 is 0 Å². The molecule has 2 bridgehead atoms. The van der Waals surface area contributed by atoms with E-state index in [0.717, 1.165) is 6.42 Å². The molecule has 3 amide bonds. The minimum Gasteiger partial charge on any atom is -0.394 e. The number of hydrogen-bond donors (Lipinski definition) is 3. The number of rotatable bonds is 8. The number of aliphatic hydroxyl groups is 1. The average molecular weight is 410 g/mol. The predicted molar refractivity (Wildman–Crippen MR) is 107 cm³/mol. The van der Waals surface area contributed by atoms with Gasteiger partial charge in [0.1, 0.15) is 11.6 Å². The monoisotopic (exact) mass is 409 g/mol. The zero-order valence-electron chi connectivity index (χ0n) is 18.1. The Hall–Kier alpha value is -1.67. The summed E-state index contributed by atoms with van der Waals surface area (Å²) in [6, 6.07) is -1.44. The molecule has 3 aliphatic rings. The van der Waals surface area contributed by atoms with Crippen LogP contribution in [0.3, 0.4) is 0 Å². The van der Waals surface area contributed by atoms with Crippen molar-refractivity contribution in [3.8, 4) is 0 Å². The van der Waals surface area contributed by atoms with E-state index in [0.29, 0.717) is 19.4 Å². The van der Waals surface area contributed by atoms with Gasteiger partial charge in [-0.25, -0.2) is 0 Å². The molecule has 3 saturated heterocycles. The highest BCUT2D eigenvalue weighted by Crippen LogP contribution is 2.58. The molecule has 29 heavy (non-hydrogen) atoms.